The summed E-state index contributed by atoms with van der Waals surface area (Å²) in [4.78, 5) is 0. The van der Waals surface area contributed by atoms with Crippen LogP contribution >= 0.6 is 0 Å². The monoisotopic (exact) mass is 265 g/mol. The van der Waals surface area contributed by atoms with Crippen molar-refractivity contribution in [3.63, 3.8) is 0 Å². The van der Waals surface area contributed by atoms with E-state index in [4.69, 9.17) is 4.74 Å². The molecule has 1 heterocycles. The van der Waals surface area contributed by atoms with Gasteiger partial charge in [0.05, 0.1) is 11.2 Å². The fourth-order valence-corrected chi connectivity index (χ4v) is 5.07. The highest BCUT2D eigenvalue weighted by Crippen LogP contribution is 2.51. The molecule has 2 heteroatoms. The molecule has 2 saturated carbocycles. The summed E-state index contributed by atoms with van der Waals surface area (Å²) in [6.45, 7) is 9.39. The molecule has 3 aliphatic rings. The van der Waals surface area contributed by atoms with E-state index >= 15 is 0 Å². The van der Waals surface area contributed by atoms with Gasteiger partial charge in [-0.25, -0.2) is 0 Å². The van der Waals surface area contributed by atoms with E-state index in [1.165, 1.54) is 51.4 Å². The molecule has 1 aliphatic heterocycles. The van der Waals surface area contributed by atoms with Crippen LogP contribution in [0.1, 0.15) is 72.1 Å². The molecule has 0 radical (unpaired) electrons. The van der Waals surface area contributed by atoms with Crippen LogP contribution in [0.25, 0.3) is 0 Å². The average molecular weight is 265 g/mol. The van der Waals surface area contributed by atoms with Crippen LogP contribution in [0.5, 0.6) is 0 Å². The second kappa shape index (κ2) is 4.73. The highest BCUT2D eigenvalue weighted by molar-refractivity contribution is 5.05. The molecule has 19 heavy (non-hydrogen) atoms. The van der Waals surface area contributed by atoms with Gasteiger partial charge in [-0.1, -0.05) is 46.5 Å². The van der Waals surface area contributed by atoms with Gasteiger partial charge in [0.15, 0.2) is 0 Å². The highest BCUT2D eigenvalue weighted by atomic mass is 16.5. The predicted molar refractivity (Wildman–Crippen MR) is 79.3 cm³/mol. The second-order valence-electron chi connectivity index (χ2n) is 8.32. The molecule has 0 bridgehead atoms. The Labute approximate surface area is 118 Å². The fourth-order valence-electron chi connectivity index (χ4n) is 5.07. The van der Waals surface area contributed by atoms with Crippen molar-refractivity contribution in [2.75, 3.05) is 13.1 Å². The summed E-state index contributed by atoms with van der Waals surface area (Å²) >= 11 is 0. The Morgan fingerprint density at radius 3 is 2.32 bits per heavy atom. The number of nitrogens with one attached hydrogen (secondary N) is 1. The van der Waals surface area contributed by atoms with E-state index in [1.54, 1.807) is 0 Å². The molecule has 0 aromatic heterocycles. The maximum Gasteiger partial charge on any atom is 0.0847 e. The van der Waals surface area contributed by atoms with Crippen molar-refractivity contribution in [3.05, 3.63) is 0 Å². The van der Waals surface area contributed by atoms with Crippen molar-refractivity contribution in [1.82, 2.24) is 5.32 Å². The molecule has 1 saturated heterocycles. The lowest BCUT2D eigenvalue weighted by atomic mass is 9.63. The Balaban J connectivity index is 1.86. The molecule has 2 nitrogen and oxygen atoms in total. The molecule has 3 fully saturated rings. The summed E-state index contributed by atoms with van der Waals surface area (Å²) in [6.07, 6.45) is 10.6. The maximum atomic E-state index is 6.94. The first kappa shape index (κ1) is 13.9. The van der Waals surface area contributed by atoms with Crippen molar-refractivity contribution < 1.29 is 4.74 Å². The van der Waals surface area contributed by atoms with Crippen LogP contribution in [0.15, 0.2) is 0 Å². The van der Waals surface area contributed by atoms with Gasteiger partial charge in [-0.2, -0.15) is 0 Å². The average Bonchev–Trinajstić information content (AvgIpc) is 2.76. The molecule has 0 aromatic rings. The van der Waals surface area contributed by atoms with Crippen LogP contribution in [0.3, 0.4) is 0 Å². The van der Waals surface area contributed by atoms with Gasteiger partial charge in [0.1, 0.15) is 0 Å². The number of ether oxygens (including phenoxy) is 1. The first-order valence-corrected chi connectivity index (χ1v) is 8.37. The van der Waals surface area contributed by atoms with Crippen LogP contribution in [0.2, 0.25) is 0 Å². The van der Waals surface area contributed by atoms with Crippen molar-refractivity contribution >= 4 is 0 Å². The van der Waals surface area contributed by atoms with Crippen LogP contribution < -0.4 is 5.32 Å². The lowest BCUT2D eigenvalue weighted by Gasteiger charge is -2.56. The molecule has 1 N–H and O–H groups in total. The summed E-state index contributed by atoms with van der Waals surface area (Å²) in [5.41, 5.74) is 0.664. The standard InChI is InChI=1S/C17H31NO/c1-15(2,3)14-8-4-5-11-17(14)13-18-12-16(19-17)9-6-7-10-16/h14,18H,4-13H2,1-3H3. The van der Waals surface area contributed by atoms with E-state index in [2.05, 4.69) is 26.1 Å². The molecule has 2 atom stereocenters. The van der Waals surface area contributed by atoms with Crippen LogP contribution in [-0.2, 0) is 4.74 Å². The van der Waals surface area contributed by atoms with Gasteiger partial charge in [0.25, 0.3) is 0 Å². The van der Waals surface area contributed by atoms with E-state index in [0.29, 0.717) is 11.3 Å². The zero-order chi connectivity index (χ0) is 13.6. The molecule has 2 aliphatic carbocycles. The molecule has 0 aromatic carbocycles. The molecular formula is C17H31NO. The maximum absolute atomic E-state index is 6.94. The molecule has 2 spiro atoms. The quantitative estimate of drug-likeness (QED) is 0.717. The van der Waals surface area contributed by atoms with Gasteiger partial charge in [-0.3, -0.25) is 0 Å². The van der Waals surface area contributed by atoms with E-state index in [1.807, 2.05) is 0 Å². The van der Waals surface area contributed by atoms with Gasteiger partial charge in [0, 0.05) is 13.1 Å². The summed E-state index contributed by atoms with van der Waals surface area (Å²) in [7, 11) is 0. The first-order valence-electron chi connectivity index (χ1n) is 8.37. The van der Waals surface area contributed by atoms with Crippen LogP contribution in [-0.4, -0.2) is 24.3 Å². The third kappa shape index (κ3) is 2.47. The normalized spacial score (nSPS) is 39.0. The Kier molecular flexibility index (Phi) is 3.46. The van der Waals surface area contributed by atoms with Crippen molar-refractivity contribution in [3.8, 4) is 0 Å². The van der Waals surface area contributed by atoms with Gasteiger partial charge in [0.2, 0.25) is 0 Å². The molecular weight excluding hydrogens is 234 g/mol. The molecule has 3 rings (SSSR count). The summed E-state index contributed by atoms with van der Waals surface area (Å²) in [6, 6.07) is 0. The Bertz CT molecular complexity index is 323. The van der Waals surface area contributed by atoms with E-state index in [0.717, 1.165) is 13.1 Å². The predicted octanol–water partition coefficient (Wildman–Crippen LogP) is 3.89. The highest BCUT2D eigenvalue weighted by Gasteiger charge is 2.53. The third-order valence-corrected chi connectivity index (χ3v) is 5.83. The largest absolute Gasteiger partial charge is 0.366 e. The van der Waals surface area contributed by atoms with E-state index in [-0.39, 0.29) is 11.2 Å². The first-order chi connectivity index (χ1) is 8.96. The number of hydrogen-bond donors (Lipinski definition) is 1. The molecule has 0 amide bonds. The number of hydrogen-bond acceptors (Lipinski definition) is 2. The zero-order valence-electron chi connectivity index (χ0n) is 13.1. The lowest BCUT2D eigenvalue weighted by molar-refractivity contribution is -0.226. The van der Waals surface area contributed by atoms with Crippen LogP contribution in [0.4, 0.5) is 0 Å². The van der Waals surface area contributed by atoms with Crippen molar-refractivity contribution in [2.24, 2.45) is 11.3 Å². The zero-order valence-corrected chi connectivity index (χ0v) is 13.1. The molecule has 2 unspecified atom stereocenters. The minimum atomic E-state index is 0.124. The summed E-state index contributed by atoms with van der Waals surface area (Å²) < 4.78 is 6.94. The summed E-state index contributed by atoms with van der Waals surface area (Å²) in [5, 5.41) is 3.76. The minimum Gasteiger partial charge on any atom is -0.366 e. The van der Waals surface area contributed by atoms with E-state index in [9.17, 15) is 0 Å². The third-order valence-electron chi connectivity index (χ3n) is 5.83. The topological polar surface area (TPSA) is 21.3 Å². The smallest absolute Gasteiger partial charge is 0.0847 e. The van der Waals surface area contributed by atoms with Crippen molar-refractivity contribution in [1.29, 1.82) is 0 Å². The minimum absolute atomic E-state index is 0.124. The lowest BCUT2D eigenvalue weighted by Crippen LogP contribution is -2.65. The number of morpholine rings is 1. The number of rotatable bonds is 0. The van der Waals surface area contributed by atoms with Gasteiger partial charge >= 0.3 is 0 Å². The Morgan fingerprint density at radius 2 is 1.63 bits per heavy atom. The van der Waals surface area contributed by atoms with Gasteiger partial charge in [-0.15, -0.1) is 0 Å². The Morgan fingerprint density at radius 1 is 0.947 bits per heavy atom. The molecule has 110 valence electrons. The fraction of sp³-hybridized carbons (Fsp3) is 1.00. The van der Waals surface area contributed by atoms with Crippen molar-refractivity contribution in [2.45, 2.75) is 83.3 Å². The van der Waals surface area contributed by atoms with E-state index < -0.39 is 0 Å². The van der Waals surface area contributed by atoms with Crippen LogP contribution in [0, 0.1) is 11.3 Å². The Hall–Kier alpha value is -0.0800. The summed E-state index contributed by atoms with van der Waals surface area (Å²) in [5.74, 6) is 0.707. The van der Waals surface area contributed by atoms with Gasteiger partial charge in [-0.05, 0) is 37.0 Å². The second-order valence-corrected chi connectivity index (χ2v) is 8.32. The van der Waals surface area contributed by atoms with Gasteiger partial charge < -0.3 is 10.1 Å². The SMILES string of the molecule is CC(C)(C)C1CCCCC12CNCC1(CCCC1)O2.